The van der Waals surface area contributed by atoms with Crippen LogP contribution in [0.5, 0.6) is 11.5 Å². The quantitative estimate of drug-likeness (QED) is 0.0946. The molecule has 4 aliphatic heterocycles. The number of amides is 2. The van der Waals surface area contributed by atoms with Crippen molar-refractivity contribution in [1.82, 2.24) is 9.48 Å². The van der Waals surface area contributed by atoms with Gasteiger partial charge in [0.2, 0.25) is 5.36 Å². The van der Waals surface area contributed by atoms with Crippen molar-refractivity contribution >= 4 is 54.7 Å². The molecule has 0 bridgehead atoms. The number of nitrogens with zero attached hydrogens (tertiary/aromatic N) is 5. The predicted octanol–water partition coefficient (Wildman–Crippen LogP) is 3.74. The Kier molecular flexibility index (Phi) is 9.23. The average Bonchev–Trinajstić information content (AvgIpc) is 3.48. The molecule has 4 aliphatic rings. The molecule has 4 aromatic rings. The van der Waals surface area contributed by atoms with Gasteiger partial charge in [-0.3, -0.25) is 19.0 Å². The molecule has 0 aromatic heterocycles. The number of hydrogen-bond acceptors (Lipinski definition) is 11. The molecule has 0 saturated heterocycles. The zero-order chi connectivity index (χ0) is 38.6. The van der Waals surface area contributed by atoms with Crippen LogP contribution in [0.1, 0.15) is 41.5 Å². The SMILES string of the molecule is CN(CCCN1C(=O)C=CC1=O)c1ccc(N=Nc2ccc3c(c2)Oc2c4c5c(cc2=C3c2ccc(S(=O)(=O)O)cc2S(=O)(=O)[O-])CCC[N+]=5CCC4)cc1. The maximum absolute atomic E-state index is 12.7. The first-order valence-corrected chi connectivity index (χ1v) is 20.6. The third kappa shape index (κ3) is 6.97. The fourth-order valence-corrected chi connectivity index (χ4v) is 9.05. The summed E-state index contributed by atoms with van der Waals surface area (Å²) in [4.78, 5) is 25.4. The molecule has 0 radical (unpaired) electrons. The van der Waals surface area contributed by atoms with Crippen molar-refractivity contribution in [2.75, 3.05) is 38.1 Å². The van der Waals surface area contributed by atoms with Crippen LogP contribution in [-0.4, -0.2) is 75.9 Å². The van der Waals surface area contributed by atoms with Gasteiger partial charge in [0.05, 0.1) is 26.7 Å². The monoisotopic (exact) mass is 781 g/mol. The number of ether oxygens (including phenoxy) is 1. The van der Waals surface area contributed by atoms with Crippen LogP contribution in [0.25, 0.3) is 5.57 Å². The van der Waals surface area contributed by atoms with Crippen molar-refractivity contribution in [3.05, 3.63) is 112 Å². The Hall–Kier alpha value is -5.55. The van der Waals surface area contributed by atoms with Gasteiger partial charge in [0.15, 0.2) is 0 Å². The summed E-state index contributed by atoms with van der Waals surface area (Å²) in [7, 11) is -8.13. The van der Waals surface area contributed by atoms with Crippen molar-refractivity contribution in [2.24, 2.45) is 10.2 Å². The normalized spacial score (nSPS) is 16.3. The molecule has 1 N–H and O–H groups in total. The number of imide groups is 1. The first-order valence-electron chi connectivity index (χ1n) is 17.7. The molecule has 8 rings (SSSR count). The molecular weight excluding hydrogens is 747 g/mol. The highest BCUT2D eigenvalue weighted by Crippen LogP contribution is 2.42. The van der Waals surface area contributed by atoms with Crippen molar-refractivity contribution in [1.29, 1.82) is 0 Å². The minimum atomic E-state index is -5.23. The molecule has 2 amide bonds. The summed E-state index contributed by atoms with van der Waals surface area (Å²) in [5.74, 6) is 0.284. The highest BCUT2D eigenvalue weighted by Gasteiger charge is 2.32. The van der Waals surface area contributed by atoms with E-state index in [1.807, 2.05) is 42.3 Å². The fraction of sp³-hybridized carbons (Fsp3) is 0.256. The molecule has 0 atom stereocenters. The lowest BCUT2D eigenvalue weighted by Crippen LogP contribution is -2.45. The van der Waals surface area contributed by atoms with Gasteiger partial charge in [-0.1, -0.05) is 6.07 Å². The van der Waals surface area contributed by atoms with Crippen LogP contribution in [0, 0.1) is 0 Å². The van der Waals surface area contributed by atoms with Crippen LogP contribution in [0.15, 0.2) is 98.9 Å². The van der Waals surface area contributed by atoms with Gasteiger partial charge in [0, 0.05) is 84.4 Å². The first-order chi connectivity index (χ1) is 26.3. The van der Waals surface area contributed by atoms with E-state index in [4.69, 9.17) is 4.74 Å². The number of benzene rings is 4. The van der Waals surface area contributed by atoms with E-state index in [0.717, 1.165) is 67.0 Å². The number of carbonyl (C=O) groups is 2. The number of fused-ring (bicyclic) bond motifs is 3. The minimum absolute atomic E-state index is 0.0155. The van der Waals surface area contributed by atoms with E-state index >= 15 is 0 Å². The average molecular weight is 782 g/mol. The minimum Gasteiger partial charge on any atom is -0.744 e. The smallest absolute Gasteiger partial charge is 0.294 e. The van der Waals surface area contributed by atoms with Crippen LogP contribution in [-0.2, 0) is 42.7 Å². The van der Waals surface area contributed by atoms with E-state index in [9.17, 15) is 35.5 Å². The van der Waals surface area contributed by atoms with Gasteiger partial charge in [-0.05, 0) is 73.9 Å². The van der Waals surface area contributed by atoms with E-state index in [-0.39, 0.29) is 17.4 Å². The summed E-state index contributed by atoms with van der Waals surface area (Å²) in [6.07, 6.45) is 6.51. The van der Waals surface area contributed by atoms with E-state index in [1.165, 1.54) is 23.1 Å². The summed E-state index contributed by atoms with van der Waals surface area (Å²) in [6.45, 7) is 2.76. The highest BCUT2D eigenvalue weighted by molar-refractivity contribution is 7.86. The van der Waals surface area contributed by atoms with Crippen molar-refractivity contribution in [3.8, 4) is 11.5 Å². The summed E-state index contributed by atoms with van der Waals surface area (Å²) in [5.41, 5.74) is 4.83. The van der Waals surface area contributed by atoms with Crippen LogP contribution < -0.4 is 24.8 Å². The molecule has 0 aliphatic carbocycles. The number of azo groups is 1. The zero-order valence-electron chi connectivity index (χ0n) is 29.6. The molecule has 0 unspecified atom stereocenters. The van der Waals surface area contributed by atoms with Gasteiger partial charge >= 0.3 is 0 Å². The molecule has 55 heavy (non-hydrogen) atoms. The van der Waals surface area contributed by atoms with Crippen LogP contribution >= 0.6 is 0 Å². The summed E-state index contributed by atoms with van der Waals surface area (Å²) in [6, 6.07) is 17.5. The molecule has 4 heterocycles. The van der Waals surface area contributed by atoms with E-state index < -0.39 is 30.0 Å². The van der Waals surface area contributed by atoms with Gasteiger partial charge in [0.25, 0.3) is 21.9 Å². The lowest BCUT2D eigenvalue weighted by atomic mass is 9.87. The highest BCUT2D eigenvalue weighted by atomic mass is 32.2. The van der Waals surface area contributed by atoms with Crippen LogP contribution in [0.4, 0.5) is 17.1 Å². The van der Waals surface area contributed by atoms with E-state index in [1.54, 1.807) is 18.2 Å². The largest absolute Gasteiger partial charge is 0.744 e. The number of rotatable bonds is 10. The topological polar surface area (TPSA) is 189 Å². The number of anilines is 1. The van der Waals surface area contributed by atoms with E-state index in [0.29, 0.717) is 64.8 Å². The van der Waals surface area contributed by atoms with Gasteiger partial charge in [-0.25, -0.2) is 13.0 Å². The Labute approximate surface area is 316 Å². The van der Waals surface area contributed by atoms with Gasteiger partial charge in [-0.15, -0.1) is 0 Å². The van der Waals surface area contributed by atoms with Gasteiger partial charge in [-0.2, -0.15) is 18.6 Å². The Balaban J connectivity index is 1.14. The second kappa shape index (κ2) is 13.9. The maximum Gasteiger partial charge on any atom is 0.294 e. The fourth-order valence-electron chi connectivity index (χ4n) is 7.76. The lowest BCUT2D eigenvalue weighted by molar-refractivity contribution is -0.136. The lowest BCUT2D eigenvalue weighted by Gasteiger charge is -2.27. The number of hydrogen-bond donors (Lipinski definition) is 1. The molecule has 14 nitrogen and oxygen atoms in total. The number of aryl methyl sites for hydroxylation is 1. The molecule has 0 saturated carbocycles. The standard InChI is InChI=1S/C39H35N5O9S2/c1-42(17-4-20-44-35(45)15-16-36(44)46)27-10-7-25(8-11-27)40-41-26-9-13-29-33(22-26)53-39-31-6-3-19-43-18-2-5-24(38(31)43)21-32(39)37(29)30-14-12-28(54(47,48)49)23-34(30)55(50,51)52/h7-16,21-23H,2-6,17-20H2,1H3,(H-,47,48,49,50,51,52). The maximum atomic E-state index is 12.7. The molecule has 16 heteroatoms. The third-order valence-corrected chi connectivity index (χ3v) is 12.1. The first kappa shape index (κ1) is 36.4. The summed E-state index contributed by atoms with van der Waals surface area (Å²) in [5, 5.41) is 10.6. The Bertz CT molecular complexity index is 2710. The van der Waals surface area contributed by atoms with Crippen molar-refractivity contribution in [3.63, 3.8) is 0 Å². The molecule has 0 spiro atoms. The molecule has 4 aromatic carbocycles. The Morgan fingerprint density at radius 2 is 1.55 bits per heavy atom. The van der Waals surface area contributed by atoms with Crippen LogP contribution in [0.2, 0.25) is 0 Å². The van der Waals surface area contributed by atoms with Crippen molar-refractivity contribution in [2.45, 2.75) is 41.9 Å². The van der Waals surface area contributed by atoms with Crippen LogP contribution in [0.3, 0.4) is 0 Å². The third-order valence-electron chi connectivity index (χ3n) is 10.3. The van der Waals surface area contributed by atoms with Gasteiger partial charge in [0.1, 0.15) is 34.7 Å². The zero-order valence-corrected chi connectivity index (χ0v) is 31.3. The Morgan fingerprint density at radius 1 is 0.873 bits per heavy atom. The number of carbonyl (C=O) groups excluding carboxylic acids is 2. The molecular formula is C39H35N5O9S2. The molecule has 0 fully saturated rings. The van der Waals surface area contributed by atoms with Crippen molar-refractivity contribution < 1.29 is 40.3 Å². The second-order valence-corrected chi connectivity index (χ2v) is 16.6. The Morgan fingerprint density at radius 3 is 2.25 bits per heavy atom. The summed E-state index contributed by atoms with van der Waals surface area (Å²) >= 11 is 0. The van der Waals surface area contributed by atoms with E-state index in [2.05, 4.69) is 14.8 Å². The van der Waals surface area contributed by atoms with Gasteiger partial charge < -0.3 is 14.2 Å². The summed E-state index contributed by atoms with van der Waals surface area (Å²) < 4.78 is 80.9. The molecule has 282 valence electrons. The second-order valence-electron chi connectivity index (χ2n) is 13.8. The predicted molar refractivity (Wildman–Crippen MR) is 200 cm³/mol.